The summed E-state index contributed by atoms with van der Waals surface area (Å²) >= 11 is 0. The van der Waals surface area contributed by atoms with Crippen LogP contribution in [0.3, 0.4) is 0 Å². The van der Waals surface area contributed by atoms with E-state index in [0.29, 0.717) is 5.92 Å². The van der Waals surface area contributed by atoms with Gasteiger partial charge in [0, 0.05) is 49.6 Å². The van der Waals surface area contributed by atoms with Gasteiger partial charge in [0.1, 0.15) is 5.58 Å². The predicted octanol–water partition coefficient (Wildman–Crippen LogP) is 9.72. The number of carbonyl (C=O) groups excluding carboxylic acids is 1. The Morgan fingerprint density at radius 3 is 2.32 bits per heavy atom. The van der Waals surface area contributed by atoms with E-state index in [1.807, 2.05) is 33.9 Å². The molecule has 5 heteroatoms. The van der Waals surface area contributed by atoms with E-state index >= 15 is 0 Å². The van der Waals surface area contributed by atoms with Crippen molar-refractivity contribution in [2.75, 3.05) is 0 Å². The second kappa shape index (κ2) is 13.6. The van der Waals surface area contributed by atoms with E-state index in [-0.39, 0.29) is 43.5 Å². The van der Waals surface area contributed by atoms with E-state index in [1.54, 1.807) is 0 Å². The van der Waals surface area contributed by atoms with Crippen molar-refractivity contribution in [2.24, 2.45) is 17.8 Å². The number of fused-ring (bicyclic) bond motifs is 4. The van der Waals surface area contributed by atoms with Gasteiger partial charge in [0.05, 0.1) is 11.3 Å². The molecule has 2 aromatic heterocycles. The van der Waals surface area contributed by atoms with E-state index in [0.717, 1.165) is 56.1 Å². The van der Waals surface area contributed by atoms with Crippen LogP contribution in [0.1, 0.15) is 58.2 Å². The maximum Gasteiger partial charge on any atom is 0.161 e. The van der Waals surface area contributed by atoms with Crippen molar-refractivity contribution in [3.8, 4) is 11.3 Å². The van der Waals surface area contributed by atoms with Crippen LogP contribution in [0.5, 0.6) is 0 Å². The summed E-state index contributed by atoms with van der Waals surface area (Å²) in [4.78, 5) is 15.8. The summed E-state index contributed by atoms with van der Waals surface area (Å²) in [6.45, 7) is 16.0. The maximum atomic E-state index is 11.0. The predicted molar refractivity (Wildman–Crippen MR) is 167 cm³/mol. The number of nitrogens with zero attached hydrogens (tertiary/aromatic N) is 1. The number of aliphatic hydroxyl groups is 1. The Morgan fingerprint density at radius 2 is 1.66 bits per heavy atom. The monoisotopic (exact) mass is 727 g/mol. The molecule has 5 rings (SSSR count). The van der Waals surface area contributed by atoms with Crippen LogP contribution in [-0.2, 0) is 31.3 Å². The summed E-state index contributed by atoms with van der Waals surface area (Å²) in [6, 6.07) is 20.8. The number of carbonyl (C=O) groups is 1. The first-order chi connectivity index (χ1) is 19.0. The number of allylic oxidation sites excluding steroid dienone is 2. The van der Waals surface area contributed by atoms with E-state index in [9.17, 15) is 9.90 Å². The topological polar surface area (TPSA) is 63.3 Å². The Kier molecular flexibility index (Phi) is 10.7. The quantitative estimate of drug-likeness (QED) is 0.108. The molecule has 0 amide bonds. The summed E-state index contributed by atoms with van der Waals surface area (Å²) in [5, 5.41) is 13.8. The first kappa shape index (κ1) is 32.2. The van der Waals surface area contributed by atoms with E-state index in [4.69, 9.17) is 9.40 Å². The minimum Gasteiger partial charge on any atom is -0.512 e. The van der Waals surface area contributed by atoms with Gasteiger partial charge in [-0.2, -0.15) is 0 Å². The van der Waals surface area contributed by atoms with Crippen molar-refractivity contribution in [2.45, 2.75) is 61.8 Å². The molecule has 0 aliphatic heterocycles. The van der Waals surface area contributed by atoms with Crippen LogP contribution in [0.15, 0.2) is 71.0 Å². The fourth-order valence-electron chi connectivity index (χ4n) is 4.79. The number of aryl methyl sites for hydroxylation is 2. The van der Waals surface area contributed by atoms with Gasteiger partial charge in [-0.05, 0) is 52.9 Å². The van der Waals surface area contributed by atoms with Crippen molar-refractivity contribution in [1.29, 1.82) is 0 Å². The van der Waals surface area contributed by atoms with Gasteiger partial charge < -0.3 is 14.5 Å². The van der Waals surface area contributed by atoms with Gasteiger partial charge in [0.25, 0.3) is 0 Å². The fourth-order valence-corrected chi connectivity index (χ4v) is 4.79. The first-order valence-electron chi connectivity index (χ1n) is 14.1. The molecule has 0 atom stereocenters. The Morgan fingerprint density at radius 1 is 0.927 bits per heavy atom. The molecule has 0 saturated heterocycles. The number of hydrogen-bond acceptors (Lipinski definition) is 4. The Labute approximate surface area is 257 Å². The van der Waals surface area contributed by atoms with E-state index < -0.39 is 0 Å². The van der Waals surface area contributed by atoms with Gasteiger partial charge in [-0.25, -0.2) is 0 Å². The minimum absolute atomic E-state index is 0. The molecule has 0 bridgehead atoms. The summed E-state index contributed by atoms with van der Waals surface area (Å²) in [5.74, 6) is 0.797. The van der Waals surface area contributed by atoms with Crippen molar-refractivity contribution in [3.05, 3.63) is 89.3 Å². The van der Waals surface area contributed by atoms with Crippen LogP contribution >= 0.6 is 0 Å². The standard InChI is InChI=1S/C27H24NO.C9H16O2.Ir/c1-16(2)12-19-8-9-21-20(15-19)10-11-28-25(21)24-14-17(3)13-23-22-7-5-6-18(4)26(22)29-27(23)24;1-6(2)8(10)5-9(11)7(3)4;/h5-11,13,15-16H,12H2,1-4H3;5-7,10H,1-4H3;/q-1;;/b;8-5-;. The molecule has 2 heterocycles. The second-order valence-electron chi connectivity index (χ2n) is 11.7. The second-order valence-corrected chi connectivity index (χ2v) is 11.7. The van der Waals surface area contributed by atoms with Crippen molar-refractivity contribution in [3.63, 3.8) is 0 Å². The van der Waals surface area contributed by atoms with Crippen LogP contribution in [-0.4, -0.2) is 15.9 Å². The van der Waals surface area contributed by atoms with Gasteiger partial charge in [-0.3, -0.25) is 4.79 Å². The number of para-hydroxylation sites is 1. The average Bonchev–Trinajstić information content (AvgIpc) is 3.27. The number of hydrogen-bond donors (Lipinski definition) is 1. The molecular weight excluding hydrogens is 687 g/mol. The molecule has 0 aliphatic rings. The Balaban J connectivity index is 0.000000331. The molecule has 0 fully saturated rings. The molecule has 0 unspecified atom stereocenters. The van der Waals surface area contributed by atoms with Crippen LogP contribution in [0.2, 0.25) is 0 Å². The molecule has 1 N–H and O–H groups in total. The number of aliphatic hydroxyl groups excluding tert-OH is 1. The molecule has 0 aliphatic carbocycles. The van der Waals surface area contributed by atoms with Crippen LogP contribution in [0, 0.1) is 37.7 Å². The zero-order valence-electron chi connectivity index (χ0n) is 25.3. The van der Waals surface area contributed by atoms with Crippen LogP contribution < -0.4 is 0 Å². The van der Waals surface area contributed by atoms with Crippen molar-refractivity contribution < 1.29 is 34.4 Å². The molecule has 4 nitrogen and oxygen atoms in total. The van der Waals surface area contributed by atoms with Crippen LogP contribution in [0.4, 0.5) is 0 Å². The summed E-state index contributed by atoms with van der Waals surface area (Å²) in [5.41, 5.74) is 7.29. The summed E-state index contributed by atoms with van der Waals surface area (Å²) < 4.78 is 6.38. The zero-order chi connectivity index (χ0) is 29.1. The molecule has 217 valence electrons. The van der Waals surface area contributed by atoms with Gasteiger partial charge in [-0.1, -0.05) is 95.8 Å². The number of aromatic nitrogens is 1. The SMILES string of the molecule is CC(C)C(=O)/C=C(\O)C(C)C.Cc1[c-]c(-c2nccc3cc(CC(C)C)ccc23)c2oc3c(C)cccc3c2c1.[Ir]. The largest absolute Gasteiger partial charge is 0.512 e. The first-order valence-corrected chi connectivity index (χ1v) is 14.1. The van der Waals surface area contributed by atoms with Crippen molar-refractivity contribution >= 4 is 38.5 Å². The normalized spacial score (nSPS) is 11.8. The summed E-state index contributed by atoms with van der Waals surface area (Å²) in [6.07, 6.45) is 4.29. The molecule has 0 saturated carbocycles. The molecule has 0 spiro atoms. The van der Waals surface area contributed by atoms with E-state index in [1.165, 1.54) is 17.0 Å². The smallest absolute Gasteiger partial charge is 0.161 e. The minimum atomic E-state index is -0.0316. The number of benzene rings is 3. The summed E-state index contributed by atoms with van der Waals surface area (Å²) in [7, 11) is 0. The number of furan rings is 1. The molecular formula is C36H40IrNO3-. The Hall–Kier alpha value is -3.27. The molecule has 41 heavy (non-hydrogen) atoms. The van der Waals surface area contributed by atoms with Crippen molar-refractivity contribution in [1.82, 2.24) is 4.98 Å². The molecule has 1 radical (unpaired) electrons. The molecule has 3 aromatic carbocycles. The van der Waals surface area contributed by atoms with Crippen LogP contribution in [0.25, 0.3) is 44.0 Å². The van der Waals surface area contributed by atoms with Gasteiger partial charge >= 0.3 is 0 Å². The third-order valence-electron chi connectivity index (χ3n) is 7.02. The van der Waals surface area contributed by atoms with Gasteiger partial charge in [0.2, 0.25) is 0 Å². The van der Waals surface area contributed by atoms with Gasteiger partial charge in [-0.15, -0.1) is 17.7 Å². The number of rotatable bonds is 6. The fraction of sp³-hybridized carbons (Fsp3) is 0.333. The van der Waals surface area contributed by atoms with E-state index in [2.05, 4.69) is 82.3 Å². The average molecular weight is 727 g/mol. The van der Waals surface area contributed by atoms with Gasteiger partial charge in [0.15, 0.2) is 5.78 Å². The number of ketones is 1. The molecule has 5 aromatic rings. The zero-order valence-corrected chi connectivity index (χ0v) is 27.7. The third-order valence-corrected chi connectivity index (χ3v) is 7.02. The third kappa shape index (κ3) is 7.33. The number of pyridine rings is 1. The Bertz CT molecular complexity index is 1710. The maximum absolute atomic E-state index is 11.0.